The Bertz CT molecular complexity index is 1020. The minimum Gasteiger partial charge on any atom is -0.490 e. The molecule has 1 fully saturated rings. The van der Waals surface area contributed by atoms with Crippen molar-refractivity contribution in [3.8, 4) is 22.6 Å². The summed E-state index contributed by atoms with van der Waals surface area (Å²) < 4.78 is 11.4. The minimum absolute atomic E-state index is 0.249. The number of ether oxygens (including phenoxy) is 2. The number of nitrogens with one attached hydrogen (secondary N) is 1. The van der Waals surface area contributed by atoms with Gasteiger partial charge in [0.1, 0.15) is 5.25 Å². The van der Waals surface area contributed by atoms with Gasteiger partial charge in [0.2, 0.25) is 5.91 Å². The summed E-state index contributed by atoms with van der Waals surface area (Å²) in [5, 5.41) is 18.9. The number of hydrogen-bond donors (Lipinski definition) is 2. The molecule has 2 aromatic carbocycles. The number of rotatable bonds is 5. The minimum atomic E-state index is -1.03. The Morgan fingerprint density at radius 3 is 2.63 bits per heavy atom. The number of carbonyl (C=O) groups is 2. The van der Waals surface area contributed by atoms with Crippen LogP contribution in [-0.4, -0.2) is 46.8 Å². The van der Waals surface area contributed by atoms with Crippen LogP contribution < -0.4 is 14.8 Å². The molecule has 1 unspecified atom stereocenters. The maximum atomic E-state index is 11.7. The molecule has 0 bridgehead atoms. The molecule has 2 N–H and O–H groups in total. The van der Waals surface area contributed by atoms with Gasteiger partial charge < -0.3 is 19.9 Å². The second-order valence-electron chi connectivity index (χ2n) is 6.68. The van der Waals surface area contributed by atoms with Crippen LogP contribution in [0, 0.1) is 0 Å². The van der Waals surface area contributed by atoms with Gasteiger partial charge in [0.25, 0.3) is 0 Å². The Morgan fingerprint density at radius 2 is 1.87 bits per heavy atom. The highest BCUT2D eigenvalue weighted by Gasteiger charge is 2.32. The molecular weight excluding hydrogens is 406 g/mol. The zero-order chi connectivity index (χ0) is 20.9. The number of carboxylic acid groups (broad SMARTS) is 1. The molecule has 30 heavy (non-hydrogen) atoms. The van der Waals surface area contributed by atoms with E-state index in [9.17, 15) is 9.59 Å². The molecule has 2 aliphatic heterocycles. The summed E-state index contributed by atoms with van der Waals surface area (Å²) >= 11 is 1.07. The van der Waals surface area contributed by atoms with Gasteiger partial charge in [0, 0.05) is 6.42 Å². The first-order chi connectivity index (χ1) is 14.6. The van der Waals surface area contributed by atoms with Crippen molar-refractivity contribution in [2.45, 2.75) is 18.1 Å². The second kappa shape index (κ2) is 9.00. The van der Waals surface area contributed by atoms with E-state index in [0.717, 1.165) is 46.4 Å². The Kier molecular flexibility index (Phi) is 5.99. The standard InChI is InChI=1S/C21H19N3O5S/c25-19(26)11-18-20(27)23-21(30-18)24-22-12-13-2-4-14(5-3-13)15-6-7-16-17(10-15)29-9-1-8-28-16/h2-7,10,12,18H,1,8-9,11H2,(H,25,26)(H,23,24,27). The van der Waals surface area contributed by atoms with Crippen LogP contribution in [0.3, 0.4) is 0 Å². The molecule has 4 rings (SSSR count). The summed E-state index contributed by atoms with van der Waals surface area (Å²) in [5.41, 5.74) is 2.90. The van der Waals surface area contributed by atoms with E-state index in [0.29, 0.717) is 18.4 Å². The van der Waals surface area contributed by atoms with Gasteiger partial charge in [-0.3, -0.25) is 9.59 Å². The number of hydrogen-bond acceptors (Lipinski definition) is 7. The topological polar surface area (TPSA) is 110 Å². The molecule has 1 atom stereocenters. The number of aliphatic carboxylic acids is 1. The van der Waals surface area contributed by atoms with E-state index in [-0.39, 0.29) is 12.3 Å². The van der Waals surface area contributed by atoms with Crippen molar-refractivity contribution in [2.24, 2.45) is 10.2 Å². The lowest BCUT2D eigenvalue weighted by Crippen LogP contribution is -2.26. The van der Waals surface area contributed by atoms with Gasteiger partial charge in [-0.25, -0.2) is 0 Å². The van der Waals surface area contributed by atoms with E-state index in [1.54, 1.807) is 6.21 Å². The SMILES string of the molecule is O=C(O)CC1SC(=NN=Cc2ccc(-c3ccc4c(c3)OCCCO4)cc2)NC1=O. The average Bonchev–Trinajstić information content (AvgIpc) is 2.93. The van der Waals surface area contributed by atoms with Crippen LogP contribution in [-0.2, 0) is 9.59 Å². The van der Waals surface area contributed by atoms with E-state index < -0.39 is 11.2 Å². The highest BCUT2D eigenvalue weighted by molar-refractivity contribution is 8.15. The summed E-state index contributed by atoms with van der Waals surface area (Å²) in [5.74, 6) is 0.127. The van der Waals surface area contributed by atoms with E-state index in [1.165, 1.54) is 0 Å². The zero-order valence-electron chi connectivity index (χ0n) is 15.9. The van der Waals surface area contributed by atoms with Crippen LogP contribution in [0.5, 0.6) is 11.5 Å². The number of benzene rings is 2. The third-order valence-corrected chi connectivity index (χ3v) is 5.56. The summed E-state index contributed by atoms with van der Waals surface area (Å²) in [6, 6.07) is 13.7. The van der Waals surface area contributed by atoms with Crippen molar-refractivity contribution in [2.75, 3.05) is 13.2 Å². The van der Waals surface area contributed by atoms with E-state index >= 15 is 0 Å². The van der Waals surface area contributed by atoms with Gasteiger partial charge in [0.15, 0.2) is 16.7 Å². The number of nitrogens with zero attached hydrogens (tertiary/aromatic N) is 2. The predicted molar refractivity (Wildman–Crippen MR) is 114 cm³/mol. The van der Waals surface area contributed by atoms with Crippen LogP contribution in [0.15, 0.2) is 52.7 Å². The van der Waals surface area contributed by atoms with Crippen LogP contribution in [0.2, 0.25) is 0 Å². The largest absolute Gasteiger partial charge is 0.490 e. The zero-order valence-corrected chi connectivity index (χ0v) is 16.7. The Balaban J connectivity index is 1.41. The predicted octanol–water partition coefficient (Wildman–Crippen LogP) is 2.91. The molecule has 2 aromatic rings. The highest BCUT2D eigenvalue weighted by atomic mass is 32.2. The van der Waals surface area contributed by atoms with Gasteiger partial charge in [-0.05, 0) is 28.8 Å². The normalized spacial score (nSPS) is 19.7. The first kappa shape index (κ1) is 20.0. The van der Waals surface area contributed by atoms with Crippen LogP contribution in [0.4, 0.5) is 0 Å². The van der Waals surface area contributed by atoms with E-state index in [2.05, 4.69) is 15.5 Å². The summed E-state index contributed by atoms with van der Waals surface area (Å²) in [6.07, 6.45) is 2.19. The van der Waals surface area contributed by atoms with Crippen molar-refractivity contribution in [1.82, 2.24) is 5.32 Å². The number of fused-ring (bicyclic) bond motifs is 1. The molecule has 8 nitrogen and oxygen atoms in total. The molecule has 0 spiro atoms. The number of carboxylic acids is 1. The van der Waals surface area contributed by atoms with Gasteiger partial charge in [-0.2, -0.15) is 5.10 Å². The van der Waals surface area contributed by atoms with Crippen LogP contribution >= 0.6 is 11.8 Å². The molecule has 9 heteroatoms. The molecule has 1 amide bonds. The van der Waals surface area contributed by atoms with Crippen molar-refractivity contribution in [3.63, 3.8) is 0 Å². The summed E-state index contributed by atoms with van der Waals surface area (Å²) in [7, 11) is 0. The quantitative estimate of drug-likeness (QED) is 0.563. The summed E-state index contributed by atoms with van der Waals surface area (Å²) in [6.45, 7) is 1.30. The molecule has 0 radical (unpaired) electrons. The van der Waals surface area contributed by atoms with Crippen molar-refractivity contribution in [1.29, 1.82) is 0 Å². The number of amidine groups is 1. The molecule has 0 saturated carbocycles. The number of amides is 1. The van der Waals surface area contributed by atoms with Crippen molar-refractivity contribution in [3.05, 3.63) is 48.0 Å². The van der Waals surface area contributed by atoms with E-state index in [1.807, 2.05) is 42.5 Å². The molecule has 154 valence electrons. The average molecular weight is 425 g/mol. The lowest BCUT2D eigenvalue weighted by molar-refractivity contribution is -0.138. The van der Waals surface area contributed by atoms with Gasteiger partial charge in [0.05, 0.1) is 25.8 Å². The number of thioether (sulfide) groups is 1. The summed E-state index contributed by atoms with van der Waals surface area (Å²) in [4.78, 5) is 22.4. The van der Waals surface area contributed by atoms with Gasteiger partial charge >= 0.3 is 5.97 Å². The van der Waals surface area contributed by atoms with Crippen LogP contribution in [0.1, 0.15) is 18.4 Å². The Labute approximate surface area is 177 Å². The Morgan fingerprint density at radius 1 is 1.13 bits per heavy atom. The smallest absolute Gasteiger partial charge is 0.305 e. The molecular formula is C21H19N3O5S. The molecule has 0 aliphatic carbocycles. The molecule has 2 heterocycles. The Hall–Kier alpha value is -3.33. The van der Waals surface area contributed by atoms with Gasteiger partial charge in [-0.15, -0.1) is 5.10 Å². The second-order valence-corrected chi connectivity index (χ2v) is 7.87. The monoisotopic (exact) mass is 425 g/mol. The fourth-order valence-electron chi connectivity index (χ4n) is 3.00. The van der Waals surface area contributed by atoms with E-state index in [4.69, 9.17) is 14.6 Å². The third kappa shape index (κ3) is 4.80. The molecule has 1 saturated heterocycles. The fourth-order valence-corrected chi connectivity index (χ4v) is 3.91. The van der Waals surface area contributed by atoms with Crippen molar-refractivity contribution < 1.29 is 24.2 Å². The lowest BCUT2D eigenvalue weighted by Gasteiger charge is -2.09. The molecule has 0 aromatic heterocycles. The van der Waals surface area contributed by atoms with Crippen molar-refractivity contribution >= 4 is 35.0 Å². The van der Waals surface area contributed by atoms with Gasteiger partial charge in [-0.1, -0.05) is 42.1 Å². The first-order valence-electron chi connectivity index (χ1n) is 9.39. The fraction of sp³-hybridized carbons (Fsp3) is 0.238. The maximum absolute atomic E-state index is 11.7. The highest BCUT2D eigenvalue weighted by Crippen LogP contribution is 2.34. The van der Waals surface area contributed by atoms with Crippen LogP contribution in [0.25, 0.3) is 11.1 Å². The molecule has 2 aliphatic rings. The lowest BCUT2D eigenvalue weighted by atomic mass is 10.0. The maximum Gasteiger partial charge on any atom is 0.305 e. The third-order valence-electron chi connectivity index (χ3n) is 4.48. The number of carbonyl (C=O) groups excluding carboxylic acids is 1. The first-order valence-corrected chi connectivity index (χ1v) is 10.3.